The van der Waals surface area contributed by atoms with Crippen LogP contribution in [0.1, 0.15) is 12.5 Å². The molecule has 1 N–H and O–H groups in total. The lowest BCUT2D eigenvalue weighted by Crippen LogP contribution is -2.21. The fraction of sp³-hybridized carbons (Fsp3) is 0.455. The maximum atomic E-state index is 5.69. The molecule has 0 aliphatic carbocycles. The van der Waals surface area contributed by atoms with Gasteiger partial charge >= 0.3 is 0 Å². The lowest BCUT2D eigenvalue weighted by molar-refractivity contribution is 0.557. The Morgan fingerprint density at radius 3 is 2.62 bits per heavy atom. The van der Waals surface area contributed by atoms with Crippen molar-refractivity contribution in [3.05, 3.63) is 35.9 Å². The lowest BCUT2D eigenvalue weighted by Gasteiger charge is -2.08. The molecule has 1 unspecified atom stereocenters. The number of nitrogens with one attached hydrogen (secondary N) is 1. The third kappa shape index (κ3) is 4.30. The Morgan fingerprint density at radius 1 is 1.31 bits per heavy atom. The van der Waals surface area contributed by atoms with E-state index in [1.807, 2.05) is 6.07 Å². The van der Waals surface area contributed by atoms with Gasteiger partial charge < -0.3 is 5.32 Å². The van der Waals surface area contributed by atoms with Crippen molar-refractivity contribution >= 4 is 11.6 Å². The van der Waals surface area contributed by atoms with E-state index in [1.54, 1.807) is 0 Å². The first-order valence-corrected chi connectivity index (χ1v) is 5.17. The molecule has 13 heavy (non-hydrogen) atoms. The molecule has 0 saturated carbocycles. The third-order valence-electron chi connectivity index (χ3n) is 1.93. The molecule has 0 aliphatic heterocycles. The molecule has 1 atom stereocenters. The van der Waals surface area contributed by atoms with Gasteiger partial charge in [0.1, 0.15) is 0 Å². The van der Waals surface area contributed by atoms with Gasteiger partial charge in [0.2, 0.25) is 0 Å². The molecule has 0 heterocycles. The summed E-state index contributed by atoms with van der Waals surface area (Å²) in [5, 5.41) is 3.37. The zero-order valence-electron chi connectivity index (χ0n) is 7.96. The smallest absolute Gasteiger partial charge is 0.0261 e. The van der Waals surface area contributed by atoms with Crippen LogP contribution in [0.25, 0.3) is 0 Å². The van der Waals surface area contributed by atoms with E-state index in [0.29, 0.717) is 5.92 Å². The molecular formula is C11H16ClN. The molecule has 1 nitrogen and oxygen atoms in total. The van der Waals surface area contributed by atoms with Gasteiger partial charge in [-0.05, 0) is 18.0 Å². The van der Waals surface area contributed by atoms with Gasteiger partial charge in [0.15, 0.2) is 0 Å². The summed E-state index contributed by atoms with van der Waals surface area (Å²) in [5.41, 5.74) is 1.32. The van der Waals surface area contributed by atoms with Gasteiger partial charge in [-0.1, -0.05) is 37.3 Å². The van der Waals surface area contributed by atoms with Crippen molar-refractivity contribution in [1.82, 2.24) is 5.32 Å². The van der Waals surface area contributed by atoms with Gasteiger partial charge in [-0.15, -0.1) is 11.6 Å². The molecule has 1 aromatic carbocycles. The molecule has 0 radical (unpaired) electrons. The molecule has 0 saturated heterocycles. The quantitative estimate of drug-likeness (QED) is 0.716. The minimum atomic E-state index is 0.547. The van der Waals surface area contributed by atoms with Crippen molar-refractivity contribution in [3.8, 4) is 0 Å². The minimum Gasteiger partial charge on any atom is -0.312 e. The van der Waals surface area contributed by atoms with Crippen LogP contribution in [0.3, 0.4) is 0 Å². The Kier molecular flexibility index (Phi) is 4.87. The maximum absolute atomic E-state index is 5.69. The molecule has 72 valence electrons. The molecule has 0 spiro atoms. The zero-order valence-corrected chi connectivity index (χ0v) is 8.72. The van der Waals surface area contributed by atoms with E-state index in [9.17, 15) is 0 Å². The van der Waals surface area contributed by atoms with Gasteiger partial charge in [0.25, 0.3) is 0 Å². The summed E-state index contributed by atoms with van der Waals surface area (Å²) in [6.07, 6.45) is 0. The van der Waals surface area contributed by atoms with Crippen LogP contribution in [0.4, 0.5) is 0 Å². The average molecular weight is 198 g/mol. The fourth-order valence-electron chi connectivity index (χ4n) is 1.11. The maximum Gasteiger partial charge on any atom is 0.0261 e. The van der Waals surface area contributed by atoms with Gasteiger partial charge in [0.05, 0.1) is 0 Å². The first kappa shape index (κ1) is 10.6. The molecule has 0 aromatic heterocycles. The van der Waals surface area contributed by atoms with Gasteiger partial charge in [-0.3, -0.25) is 0 Å². The van der Waals surface area contributed by atoms with E-state index in [0.717, 1.165) is 19.0 Å². The van der Waals surface area contributed by atoms with E-state index in [2.05, 4.69) is 36.5 Å². The van der Waals surface area contributed by atoms with E-state index in [-0.39, 0.29) is 0 Å². The largest absolute Gasteiger partial charge is 0.312 e. The first-order chi connectivity index (χ1) is 6.33. The molecule has 1 aromatic rings. The lowest BCUT2D eigenvalue weighted by atomic mass is 10.2. The van der Waals surface area contributed by atoms with Gasteiger partial charge in [0, 0.05) is 12.4 Å². The zero-order chi connectivity index (χ0) is 9.52. The standard InChI is InChI=1S/C11H16ClN/c1-10(7-12)8-13-9-11-5-3-2-4-6-11/h2-6,10,13H,7-9H2,1H3. The number of rotatable bonds is 5. The molecule has 1 rings (SSSR count). The van der Waals surface area contributed by atoms with Crippen molar-refractivity contribution in [3.63, 3.8) is 0 Å². The SMILES string of the molecule is CC(CCl)CNCc1ccccc1. The van der Waals surface area contributed by atoms with Crippen molar-refractivity contribution in [1.29, 1.82) is 0 Å². The Morgan fingerprint density at radius 2 is 2.00 bits per heavy atom. The van der Waals surface area contributed by atoms with Gasteiger partial charge in [-0.25, -0.2) is 0 Å². The topological polar surface area (TPSA) is 12.0 Å². The van der Waals surface area contributed by atoms with Crippen LogP contribution in [0.2, 0.25) is 0 Å². The Bertz CT molecular complexity index is 223. The average Bonchev–Trinajstić information content (AvgIpc) is 2.19. The van der Waals surface area contributed by atoms with Gasteiger partial charge in [-0.2, -0.15) is 0 Å². The number of halogens is 1. The molecular weight excluding hydrogens is 182 g/mol. The Labute approximate surface area is 85.1 Å². The van der Waals surface area contributed by atoms with E-state index in [4.69, 9.17) is 11.6 Å². The highest BCUT2D eigenvalue weighted by Gasteiger charge is 1.98. The number of alkyl halides is 1. The minimum absolute atomic E-state index is 0.547. The molecule has 0 aliphatic rings. The summed E-state index contributed by atoms with van der Waals surface area (Å²) >= 11 is 5.69. The van der Waals surface area contributed by atoms with Crippen LogP contribution < -0.4 is 5.32 Å². The molecule has 0 amide bonds. The van der Waals surface area contributed by atoms with Crippen LogP contribution in [0.5, 0.6) is 0 Å². The first-order valence-electron chi connectivity index (χ1n) is 4.63. The van der Waals surface area contributed by atoms with Crippen LogP contribution >= 0.6 is 11.6 Å². The monoisotopic (exact) mass is 197 g/mol. The highest BCUT2D eigenvalue weighted by Crippen LogP contribution is 1.99. The van der Waals surface area contributed by atoms with E-state index < -0.39 is 0 Å². The molecule has 0 bridgehead atoms. The molecule has 0 fully saturated rings. The summed E-state index contributed by atoms with van der Waals surface area (Å²) in [7, 11) is 0. The predicted molar refractivity (Wildman–Crippen MR) is 58.0 cm³/mol. The molecule has 2 heteroatoms. The predicted octanol–water partition coefficient (Wildman–Crippen LogP) is 2.65. The fourth-order valence-corrected chi connectivity index (χ4v) is 1.22. The highest BCUT2D eigenvalue weighted by molar-refractivity contribution is 6.18. The number of hydrogen-bond donors (Lipinski definition) is 1. The van der Waals surface area contributed by atoms with Crippen LogP contribution in [0.15, 0.2) is 30.3 Å². The van der Waals surface area contributed by atoms with Crippen molar-refractivity contribution < 1.29 is 0 Å². The summed E-state index contributed by atoms with van der Waals surface area (Å²) in [4.78, 5) is 0. The summed E-state index contributed by atoms with van der Waals surface area (Å²) in [6.45, 7) is 4.06. The summed E-state index contributed by atoms with van der Waals surface area (Å²) in [6, 6.07) is 10.4. The van der Waals surface area contributed by atoms with E-state index >= 15 is 0 Å². The second-order valence-electron chi connectivity index (χ2n) is 3.38. The number of benzene rings is 1. The van der Waals surface area contributed by atoms with Crippen LogP contribution in [0, 0.1) is 5.92 Å². The summed E-state index contributed by atoms with van der Waals surface area (Å²) < 4.78 is 0. The van der Waals surface area contributed by atoms with Crippen molar-refractivity contribution in [2.75, 3.05) is 12.4 Å². The second kappa shape index (κ2) is 6.01. The van der Waals surface area contributed by atoms with E-state index in [1.165, 1.54) is 5.56 Å². The summed E-state index contributed by atoms with van der Waals surface area (Å²) in [5.74, 6) is 1.27. The van der Waals surface area contributed by atoms with Crippen LogP contribution in [-0.4, -0.2) is 12.4 Å². The van der Waals surface area contributed by atoms with Crippen LogP contribution in [-0.2, 0) is 6.54 Å². The number of hydrogen-bond acceptors (Lipinski definition) is 1. The Hall–Kier alpha value is -0.530. The highest BCUT2D eigenvalue weighted by atomic mass is 35.5. The van der Waals surface area contributed by atoms with Crippen molar-refractivity contribution in [2.24, 2.45) is 5.92 Å². The third-order valence-corrected chi connectivity index (χ3v) is 2.45. The second-order valence-corrected chi connectivity index (χ2v) is 3.68. The Balaban J connectivity index is 2.20. The normalized spacial score (nSPS) is 12.8. The van der Waals surface area contributed by atoms with Crippen molar-refractivity contribution in [2.45, 2.75) is 13.5 Å².